The molecule has 0 radical (unpaired) electrons. The predicted molar refractivity (Wildman–Crippen MR) is 66.5 cm³/mol. The Morgan fingerprint density at radius 2 is 2.11 bits per heavy atom. The average molecular weight is 269 g/mol. The molecule has 1 aromatic carbocycles. The van der Waals surface area contributed by atoms with E-state index in [1.54, 1.807) is 6.07 Å². The van der Waals surface area contributed by atoms with Gasteiger partial charge in [0.15, 0.2) is 11.6 Å². The first kappa shape index (κ1) is 14.9. The maximum atomic E-state index is 13.2. The van der Waals surface area contributed by atoms with Gasteiger partial charge in [0.2, 0.25) is 5.91 Å². The topological polar surface area (TPSA) is 66.8 Å². The van der Waals surface area contributed by atoms with E-state index < -0.39 is 11.8 Å². The molecule has 5 nitrogen and oxygen atoms in total. The van der Waals surface area contributed by atoms with Crippen molar-refractivity contribution < 1.29 is 23.8 Å². The molecule has 0 bridgehead atoms. The van der Waals surface area contributed by atoms with E-state index in [9.17, 15) is 14.0 Å². The van der Waals surface area contributed by atoms with Crippen LogP contribution in [-0.4, -0.2) is 42.6 Å². The molecule has 1 aromatic rings. The summed E-state index contributed by atoms with van der Waals surface area (Å²) in [5.74, 6) is -1.66. The lowest BCUT2D eigenvalue weighted by Gasteiger charge is -2.14. The summed E-state index contributed by atoms with van der Waals surface area (Å²) in [5, 5.41) is 8.56. The summed E-state index contributed by atoms with van der Waals surface area (Å²) >= 11 is 0. The summed E-state index contributed by atoms with van der Waals surface area (Å²) in [6.45, 7) is -0.328. The van der Waals surface area contributed by atoms with E-state index in [1.807, 2.05) is 0 Å². The number of carboxylic acid groups (broad SMARTS) is 1. The third kappa shape index (κ3) is 4.57. The van der Waals surface area contributed by atoms with Crippen molar-refractivity contribution in [1.29, 1.82) is 0 Å². The second kappa shape index (κ2) is 6.72. The van der Waals surface area contributed by atoms with E-state index in [0.29, 0.717) is 6.42 Å². The fourth-order valence-corrected chi connectivity index (χ4v) is 1.59. The van der Waals surface area contributed by atoms with Crippen molar-refractivity contribution in [2.24, 2.45) is 0 Å². The number of likely N-dealkylation sites (N-methyl/N-ethyl adjacent to an activating group) is 1. The highest BCUT2D eigenvalue weighted by Crippen LogP contribution is 2.19. The van der Waals surface area contributed by atoms with Crippen molar-refractivity contribution >= 4 is 11.9 Å². The molecule has 0 spiro atoms. The molecule has 1 rings (SSSR count). The number of carboxylic acids is 1. The van der Waals surface area contributed by atoms with Gasteiger partial charge in [-0.2, -0.15) is 0 Å². The Morgan fingerprint density at radius 1 is 1.42 bits per heavy atom. The zero-order valence-corrected chi connectivity index (χ0v) is 10.9. The molecule has 0 saturated heterocycles. The van der Waals surface area contributed by atoms with Gasteiger partial charge in [-0.15, -0.1) is 0 Å². The van der Waals surface area contributed by atoms with Gasteiger partial charge >= 0.3 is 5.97 Å². The van der Waals surface area contributed by atoms with E-state index in [-0.39, 0.29) is 24.6 Å². The van der Waals surface area contributed by atoms with Gasteiger partial charge in [0.05, 0.1) is 7.11 Å². The number of halogens is 1. The second-order valence-corrected chi connectivity index (χ2v) is 4.11. The van der Waals surface area contributed by atoms with Crippen molar-refractivity contribution in [3.63, 3.8) is 0 Å². The van der Waals surface area contributed by atoms with E-state index in [2.05, 4.69) is 0 Å². The molecular formula is C13H16FNO4. The number of amides is 1. The molecule has 0 aliphatic heterocycles. The molecule has 104 valence electrons. The lowest BCUT2D eigenvalue weighted by Crippen LogP contribution is -2.32. The highest BCUT2D eigenvalue weighted by Gasteiger charge is 2.12. The number of carbonyl (C=O) groups excluding carboxylic acids is 1. The molecule has 0 atom stereocenters. The zero-order chi connectivity index (χ0) is 14.4. The number of hydrogen-bond acceptors (Lipinski definition) is 3. The minimum Gasteiger partial charge on any atom is -0.494 e. The SMILES string of the molecule is COc1cc(CCC(=O)N(C)CC(=O)O)ccc1F. The fourth-order valence-electron chi connectivity index (χ4n) is 1.59. The molecule has 1 N–H and O–H groups in total. The van der Waals surface area contributed by atoms with Crippen LogP contribution in [0.2, 0.25) is 0 Å². The van der Waals surface area contributed by atoms with Crippen LogP contribution in [-0.2, 0) is 16.0 Å². The van der Waals surface area contributed by atoms with Crippen molar-refractivity contribution in [1.82, 2.24) is 4.90 Å². The van der Waals surface area contributed by atoms with Crippen molar-refractivity contribution in [2.75, 3.05) is 20.7 Å². The van der Waals surface area contributed by atoms with Gasteiger partial charge in [0.1, 0.15) is 6.54 Å². The van der Waals surface area contributed by atoms with E-state index in [0.717, 1.165) is 10.5 Å². The molecule has 0 heterocycles. The second-order valence-electron chi connectivity index (χ2n) is 4.11. The Balaban J connectivity index is 2.57. The van der Waals surface area contributed by atoms with Crippen LogP contribution >= 0.6 is 0 Å². The minimum atomic E-state index is -1.06. The highest BCUT2D eigenvalue weighted by molar-refractivity contribution is 5.81. The standard InChI is InChI=1S/C13H16FNO4/c1-15(8-13(17)18)12(16)6-4-9-3-5-10(14)11(7-9)19-2/h3,5,7H,4,6,8H2,1-2H3,(H,17,18). The van der Waals surface area contributed by atoms with Crippen LogP contribution in [0.1, 0.15) is 12.0 Å². The summed E-state index contributed by atoms with van der Waals surface area (Å²) in [7, 11) is 2.80. The first-order valence-corrected chi connectivity index (χ1v) is 5.72. The van der Waals surface area contributed by atoms with Gasteiger partial charge in [-0.3, -0.25) is 9.59 Å². The van der Waals surface area contributed by atoms with Gasteiger partial charge in [-0.25, -0.2) is 4.39 Å². The van der Waals surface area contributed by atoms with Crippen molar-refractivity contribution in [3.05, 3.63) is 29.6 Å². The number of aliphatic carboxylic acids is 1. The van der Waals surface area contributed by atoms with Gasteiger partial charge < -0.3 is 14.7 Å². The Bertz CT molecular complexity index is 476. The highest BCUT2D eigenvalue weighted by atomic mass is 19.1. The number of rotatable bonds is 6. The largest absolute Gasteiger partial charge is 0.494 e. The number of benzene rings is 1. The maximum absolute atomic E-state index is 13.2. The third-order valence-electron chi connectivity index (χ3n) is 2.64. The van der Waals surface area contributed by atoms with Crippen LogP contribution in [0.3, 0.4) is 0 Å². The van der Waals surface area contributed by atoms with Crippen molar-refractivity contribution in [3.8, 4) is 5.75 Å². The van der Waals surface area contributed by atoms with E-state index in [4.69, 9.17) is 9.84 Å². The number of carbonyl (C=O) groups is 2. The molecule has 0 saturated carbocycles. The number of hydrogen-bond donors (Lipinski definition) is 1. The van der Waals surface area contributed by atoms with Crippen LogP contribution < -0.4 is 4.74 Å². The fraction of sp³-hybridized carbons (Fsp3) is 0.385. The van der Waals surface area contributed by atoms with Gasteiger partial charge in [0, 0.05) is 13.5 Å². The third-order valence-corrected chi connectivity index (χ3v) is 2.64. The summed E-state index contributed by atoms with van der Waals surface area (Å²) in [6.07, 6.45) is 0.567. The smallest absolute Gasteiger partial charge is 0.323 e. The Labute approximate surface area is 110 Å². The number of ether oxygens (including phenoxy) is 1. The number of nitrogens with zero attached hydrogens (tertiary/aromatic N) is 1. The predicted octanol–water partition coefficient (Wildman–Crippen LogP) is 1.31. The molecular weight excluding hydrogens is 253 g/mol. The first-order chi connectivity index (χ1) is 8.93. The Morgan fingerprint density at radius 3 is 2.68 bits per heavy atom. The zero-order valence-electron chi connectivity index (χ0n) is 10.9. The number of aryl methyl sites for hydroxylation is 1. The Kier molecular flexibility index (Phi) is 5.29. The van der Waals surface area contributed by atoms with Gasteiger partial charge in [-0.1, -0.05) is 6.07 Å². The van der Waals surface area contributed by atoms with Crippen LogP contribution in [0.25, 0.3) is 0 Å². The van der Waals surface area contributed by atoms with Crippen LogP contribution in [0.4, 0.5) is 4.39 Å². The summed E-state index contributed by atoms with van der Waals surface area (Å²) in [4.78, 5) is 23.2. The van der Waals surface area contributed by atoms with Crippen LogP contribution in [0, 0.1) is 5.82 Å². The summed E-state index contributed by atoms with van der Waals surface area (Å²) in [5.41, 5.74) is 0.760. The molecule has 6 heteroatoms. The minimum absolute atomic E-state index is 0.129. The summed E-state index contributed by atoms with van der Waals surface area (Å²) < 4.78 is 18.0. The molecule has 0 aliphatic rings. The van der Waals surface area contributed by atoms with Crippen LogP contribution in [0.15, 0.2) is 18.2 Å². The molecule has 0 aliphatic carbocycles. The average Bonchev–Trinajstić information content (AvgIpc) is 2.36. The summed E-state index contributed by atoms with van der Waals surface area (Å²) in [6, 6.07) is 4.38. The normalized spacial score (nSPS) is 10.1. The number of methoxy groups -OCH3 is 1. The van der Waals surface area contributed by atoms with Crippen LogP contribution in [0.5, 0.6) is 5.75 Å². The maximum Gasteiger partial charge on any atom is 0.323 e. The van der Waals surface area contributed by atoms with E-state index >= 15 is 0 Å². The lowest BCUT2D eigenvalue weighted by atomic mass is 10.1. The van der Waals surface area contributed by atoms with Crippen molar-refractivity contribution in [2.45, 2.75) is 12.8 Å². The molecule has 0 unspecified atom stereocenters. The quantitative estimate of drug-likeness (QED) is 0.845. The first-order valence-electron chi connectivity index (χ1n) is 5.72. The molecule has 0 aromatic heterocycles. The molecule has 0 fully saturated rings. The lowest BCUT2D eigenvalue weighted by molar-refractivity contribution is -0.143. The molecule has 1 amide bonds. The van der Waals surface area contributed by atoms with E-state index in [1.165, 1.54) is 26.3 Å². The van der Waals surface area contributed by atoms with Gasteiger partial charge in [-0.05, 0) is 24.1 Å². The monoisotopic (exact) mass is 269 g/mol. The Hall–Kier alpha value is -2.11. The molecule has 19 heavy (non-hydrogen) atoms. The van der Waals surface area contributed by atoms with Gasteiger partial charge in [0.25, 0.3) is 0 Å².